The molecule has 0 spiro atoms. The third-order valence-electron chi connectivity index (χ3n) is 1.78. The molecule has 0 atom stereocenters. The molecule has 2 rings (SSSR count). The van der Waals surface area contributed by atoms with Gasteiger partial charge in [-0.2, -0.15) is 0 Å². The molecule has 0 fully saturated rings. The van der Waals surface area contributed by atoms with E-state index in [1.807, 2.05) is 28.9 Å². The van der Waals surface area contributed by atoms with Crippen LogP contribution in [0, 0.1) is 0 Å². The first-order chi connectivity index (χ1) is 5.83. The fourth-order valence-electron chi connectivity index (χ4n) is 1.19. The van der Waals surface area contributed by atoms with E-state index in [4.69, 9.17) is 5.73 Å². The minimum Gasteiger partial charge on any atom is -0.324 e. The minimum absolute atomic E-state index is 0.463. The van der Waals surface area contributed by atoms with Crippen molar-refractivity contribution in [2.75, 3.05) is 0 Å². The summed E-state index contributed by atoms with van der Waals surface area (Å²) in [4.78, 5) is 4.18. The molecule has 0 radical (unpaired) electrons. The molecule has 0 bridgehead atoms. The number of hydrogen-bond acceptors (Lipinski definition) is 2. The maximum Gasteiger partial charge on any atom is 0.127 e. The third kappa shape index (κ3) is 1.04. The molecule has 0 saturated carbocycles. The molecular formula is C8H8BrN3. The number of nitrogens with zero attached hydrogens (tertiary/aromatic N) is 2. The number of halogens is 1. The van der Waals surface area contributed by atoms with Crippen molar-refractivity contribution in [3.8, 4) is 0 Å². The zero-order valence-electron chi connectivity index (χ0n) is 6.37. The average Bonchev–Trinajstić information content (AvgIpc) is 2.49. The standard InChI is InChI=1S/C8H8BrN3/c9-6-2-1-3-12-7(6)5-11-8(12)4-10/h1-3,5H,4,10H2. The van der Waals surface area contributed by atoms with Crippen molar-refractivity contribution in [3.05, 3.63) is 34.8 Å². The van der Waals surface area contributed by atoms with Crippen LogP contribution in [0.4, 0.5) is 0 Å². The van der Waals surface area contributed by atoms with Gasteiger partial charge in [0.05, 0.1) is 18.3 Å². The van der Waals surface area contributed by atoms with Gasteiger partial charge in [0.2, 0.25) is 0 Å². The van der Waals surface area contributed by atoms with Crippen molar-refractivity contribution in [1.29, 1.82) is 0 Å². The molecule has 2 aromatic heterocycles. The summed E-state index contributed by atoms with van der Waals surface area (Å²) < 4.78 is 3.02. The Hall–Kier alpha value is -0.870. The van der Waals surface area contributed by atoms with Gasteiger partial charge in [0.15, 0.2) is 0 Å². The lowest BCUT2D eigenvalue weighted by atomic mass is 10.4. The van der Waals surface area contributed by atoms with E-state index in [-0.39, 0.29) is 0 Å². The molecule has 0 amide bonds. The predicted octanol–water partition coefficient (Wildman–Crippen LogP) is 1.56. The topological polar surface area (TPSA) is 43.3 Å². The van der Waals surface area contributed by atoms with Gasteiger partial charge in [-0.3, -0.25) is 0 Å². The van der Waals surface area contributed by atoms with E-state index < -0.39 is 0 Å². The van der Waals surface area contributed by atoms with Crippen molar-refractivity contribution < 1.29 is 0 Å². The number of fused-ring (bicyclic) bond motifs is 1. The molecule has 2 N–H and O–H groups in total. The smallest absolute Gasteiger partial charge is 0.127 e. The number of nitrogens with two attached hydrogens (primary N) is 1. The van der Waals surface area contributed by atoms with Gasteiger partial charge in [-0.1, -0.05) is 0 Å². The van der Waals surface area contributed by atoms with Gasteiger partial charge >= 0.3 is 0 Å². The molecule has 2 aromatic rings. The van der Waals surface area contributed by atoms with E-state index in [1.54, 1.807) is 0 Å². The van der Waals surface area contributed by atoms with Crippen LogP contribution in [0.5, 0.6) is 0 Å². The summed E-state index contributed by atoms with van der Waals surface area (Å²) in [5, 5.41) is 0. The number of aromatic nitrogens is 2. The van der Waals surface area contributed by atoms with Crippen molar-refractivity contribution in [2.24, 2.45) is 5.73 Å². The Morgan fingerprint density at radius 1 is 1.58 bits per heavy atom. The summed E-state index contributed by atoms with van der Waals surface area (Å²) in [6.45, 7) is 0.463. The third-order valence-corrected chi connectivity index (χ3v) is 2.45. The zero-order chi connectivity index (χ0) is 8.55. The van der Waals surface area contributed by atoms with Crippen LogP contribution in [0.2, 0.25) is 0 Å². The SMILES string of the molecule is NCc1ncc2c(Br)cccn12. The van der Waals surface area contributed by atoms with E-state index in [1.165, 1.54) is 0 Å². The predicted molar refractivity (Wildman–Crippen MR) is 50.8 cm³/mol. The first-order valence-corrected chi connectivity index (χ1v) is 4.43. The average molecular weight is 226 g/mol. The van der Waals surface area contributed by atoms with Crippen LogP contribution in [0.15, 0.2) is 29.0 Å². The first kappa shape index (κ1) is 7.76. The van der Waals surface area contributed by atoms with Gasteiger partial charge in [-0.05, 0) is 28.1 Å². The van der Waals surface area contributed by atoms with Crippen molar-refractivity contribution in [1.82, 2.24) is 9.38 Å². The molecule has 12 heavy (non-hydrogen) atoms. The summed E-state index contributed by atoms with van der Waals surface area (Å²) in [5.74, 6) is 0.881. The van der Waals surface area contributed by atoms with Crippen LogP contribution >= 0.6 is 15.9 Å². The first-order valence-electron chi connectivity index (χ1n) is 3.63. The van der Waals surface area contributed by atoms with Crippen molar-refractivity contribution in [3.63, 3.8) is 0 Å². The summed E-state index contributed by atoms with van der Waals surface area (Å²) in [6.07, 6.45) is 3.77. The lowest BCUT2D eigenvalue weighted by molar-refractivity contribution is 0.903. The highest BCUT2D eigenvalue weighted by atomic mass is 79.9. The normalized spacial score (nSPS) is 10.8. The maximum atomic E-state index is 5.51. The molecule has 0 aliphatic rings. The second kappa shape index (κ2) is 2.88. The summed E-state index contributed by atoms with van der Waals surface area (Å²) in [6, 6.07) is 3.94. The minimum atomic E-state index is 0.463. The fraction of sp³-hybridized carbons (Fsp3) is 0.125. The highest BCUT2D eigenvalue weighted by molar-refractivity contribution is 9.10. The maximum absolute atomic E-state index is 5.51. The Labute approximate surface area is 78.3 Å². The van der Waals surface area contributed by atoms with E-state index in [0.717, 1.165) is 15.8 Å². The summed E-state index contributed by atoms with van der Waals surface area (Å²) >= 11 is 3.44. The molecule has 0 unspecified atom stereocenters. The zero-order valence-corrected chi connectivity index (χ0v) is 7.95. The quantitative estimate of drug-likeness (QED) is 0.801. The number of pyridine rings is 1. The highest BCUT2D eigenvalue weighted by Gasteiger charge is 2.02. The van der Waals surface area contributed by atoms with Crippen molar-refractivity contribution in [2.45, 2.75) is 6.54 Å². The van der Waals surface area contributed by atoms with Gasteiger partial charge in [0, 0.05) is 10.7 Å². The second-order valence-corrected chi connectivity index (χ2v) is 3.34. The Morgan fingerprint density at radius 2 is 2.42 bits per heavy atom. The molecule has 0 aliphatic carbocycles. The van der Waals surface area contributed by atoms with E-state index in [9.17, 15) is 0 Å². The number of imidazole rings is 1. The van der Waals surface area contributed by atoms with Crippen molar-refractivity contribution >= 4 is 21.4 Å². The van der Waals surface area contributed by atoms with Gasteiger partial charge < -0.3 is 10.1 Å². The monoisotopic (exact) mass is 225 g/mol. The van der Waals surface area contributed by atoms with Crippen LogP contribution in [0.1, 0.15) is 5.82 Å². The summed E-state index contributed by atoms with van der Waals surface area (Å²) in [7, 11) is 0. The van der Waals surface area contributed by atoms with Gasteiger partial charge in [0.1, 0.15) is 5.82 Å². The van der Waals surface area contributed by atoms with Crippen LogP contribution < -0.4 is 5.73 Å². The molecule has 0 aromatic carbocycles. The molecule has 3 nitrogen and oxygen atoms in total. The Kier molecular flexibility index (Phi) is 1.86. The fourth-order valence-corrected chi connectivity index (χ4v) is 1.64. The van der Waals surface area contributed by atoms with Gasteiger partial charge in [0.25, 0.3) is 0 Å². The molecule has 0 aliphatic heterocycles. The lowest BCUT2D eigenvalue weighted by Gasteiger charge is -1.98. The van der Waals surface area contributed by atoms with Crippen LogP contribution in [0.25, 0.3) is 5.52 Å². The van der Waals surface area contributed by atoms with Crippen LogP contribution in [-0.4, -0.2) is 9.38 Å². The van der Waals surface area contributed by atoms with Crippen LogP contribution in [0.3, 0.4) is 0 Å². The van der Waals surface area contributed by atoms with E-state index in [2.05, 4.69) is 20.9 Å². The molecular weight excluding hydrogens is 218 g/mol. The van der Waals surface area contributed by atoms with Gasteiger partial charge in [-0.25, -0.2) is 4.98 Å². The summed E-state index contributed by atoms with van der Waals surface area (Å²) in [5.41, 5.74) is 6.57. The molecule has 0 saturated heterocycles. The van der Waals surface area contributed by atoms with E-state index >= 15 is 0 Å². The Morgan fingerprint density at radius 3 is 3.17 bits per heavy atom. The largest absolute Gasteiger partial charge is 0.324 e. The molecule has 62 valence electrons. The molecule has 4 heteroatoms. The Bertz CT molecular complexity index is 408. The number of rotatable bonds is 1. The lowest BCUT2D eigenvalue weighted by Crippen LogP contribution is -2.01. The van der Waals surface area contributed by atoms with Gasteiger partial charge in [-0.15, -0.1) is 0 Å². The van der Waals surface area contributed by atoms with Crippen LogP contribution in [-0.2, 0) is 6.54 Å². The van der Waals surface area contributed by atoms with E-state index in [0.29, 0.717) is 6.54 Å². The Balaban J connectivity index is 2.80. The highest BCUT2D eigenvalue weighted by Crippen LogP contribution is 2.17. The second-order valence-electron chi connectivity index (χ2n) is 2.49. The number of hydrogen-bond donors (Lipinski definition) is 1. The molecule has 2 heterocycles.